The zero-order valence-electron chi connectivity index (χ0n) is 11.0. The summed E-state index contributed by atoms with van der Waals surface area (Å²) in [7, 11) is 0. The predicted molar refractivity (Wildman–Crippen MR) is 65.3 cm³/mol. The van der Waals surface area contributed by atoms with Gasteiger partial charge in [-0.05, 0) is 57.3 Å². The summed E-state index contributed by atoms with van der Waals surface area (Å²) in [4.78, 5) is 0. The van der Waals surface area contributed by atoms with Crippen LogP contribution in [0.5, 0.6) is 0 Å². The molecular weight excluding hydrogens is 200 g/mol. The molecule has 1 saturated carbocycles. The minimum Gasteiger partial charge on any atom is -0.390 e. The molecule has 2 aliphatic rings. The van der Waals surface area contributed by atoms with Crippen molar-refractivity contribution in [3.63, 3.8) is 0 Å². The SMILES string of the molecule is CC(C)CC(C)(O)C1CCOC2(CCC2)C1. The Kier molecular flexibility index (Phi) is 3.33. The van der Waals surface area contributed by atoms with Gasteiger partial charge in [0, 0.05) is 6.61 Å². The second-order valence-electron chi connectivity index (χ2n) is 6.53. The molecule has 1 heterocycles. The molecule has 16 heavy (non-hydrogen) atoms. The Balaban J connectivity index is 1.97. The lowest BCUT2D eigenvalue weighted by atomic mass is 9.67. The summed E-state index contributed by atoms with van der Waals surface area (Å²) in [6.07, 6.45) is 6.74. The van der Waals surface area contributed by atoms with Crippen LogP contribution in [-0.2, 0) is 4.74 Å². The van der Waals surface area contributed by atoms with Gasteiger partial charge in [-0.15, -0.1) is 0 Å². The quantitative estimate of drug-likeness (QED) is 0.801. The van der Waals surface area contributed by atoms with Crippen molar-refractivity contribution in [3.8, 4) is 0 Å². The van der Waals surface area contributed by atoms with Crippen molar-refractivity contribution in [2.45, 2.75) is 70.5 Å². The molecule has 0 aromatic heterocycles. The van der Waals surface area contributed by atoms with Crippen LogP contribution in [0, 0.1) is 11.8 Å². The molecule has 0 aromatic rings. The van der Waals surface area contributed by atoms with Crippen LogP contribution in [0.3, 0.4) is 0 Å². The topological polar surface area (TPSA) is 29.5 Å². The highest BCUT2D eigenvalue weighted by molar-refractivity contribution is 4.98. The summed E-state index contributed by atoms with van der Waals surface area (Å²) in [5.74, 6) is 0.999. The number of rotatable bonds is 3. The van der Waals surface area contributed by atoms with Gasteiger partial charge in [-0.3, -0.25) is 0 Å². The van der Waals surface area contributed by atoms with Crippen molar-refractivity contribution in [1.82, 2.24) is 0 Å². The molecule has 2 nitrogen and oxygen atoms in total. The van der Waals surface area contributed by atoms with E-state index in [4.69, 9.17) is 4.74 Å². The van der Waals surface area contributed by atoms with E-state index in [1.165, 1.54) is 19.3 Å². The molecule has 1 spiro atoms. The molecule has 2 heteroatoms. The highest BCUT2D eigenvalue weighted by Crippen LogP contribution is 2.47. The average Bonchev–Trinajstić information content (AvgIpc) is 2.14. The van der Waals surface area contributed by atoms with Crippen LogP contribution in [0.25, 0.3) is 0 Å². The van der Waals surface area contributed by atoms with Gasteiger partial charge in [-0.25, -0.2) is 0 Å². The summed E-state index contributed by atoms with van der Waals surface area (Å²) in [5, 5.41) is 10.6. The Morgan fingerprint density at radius 2 is 2.12 bits per heavy atom. The smallest absolute Gasteiger partial charge is 0.0686 e. The molecule has 2 atom stereocenters. The lowest BCUT2D eigenvalue weighted by Crippen LogP contribution is -2.51. The van der Waals surface area contributed by atoms with Gasteiger partial charge in [0.05, 0.1) is 11.2 Å². The predicted octanol–water partition coefficient (Wildman–Crippen LogP) is 3.13. The summed E-state index contributed by atoms with van der Waals surface area (Å²) >= 11 is 0. The van der Waals surface area contributed by atoms with Gasteiger partial charge >= 0.3 is 0 Å². The van der Waals surface area contributed by atoms with E-state index in [0.717, 1.165) is 25.9 Å². The van der Waals surface area contributed by atoms with Crippen molar-refractivity contribution in [1.29, 1.82) is 0 Å². The van der Waals surface area contributed by atoms with E-state index in [0.29, 0.717) is 11.8 Å². The number of ether oxygens (including phenoxy) is 1. The molecule has 1 saturated heterocycles. The van der Waals surface area contributed by atoms with E-state index < -0.39 is 5.60 Å². The maximum Gasteiger partial charge on any atom is 0.0686 e. The highest BCUT2D eigenvalue weighted by atomic mass is 16.5. The van der Waals surface area contributed by atoms with Gasteiger partial charge in [0.1, 0.15) is 0 Å². The van der Waals surface area contributed by atoms with E-state index in [1.54, 1.807) is 0 Å². The second kappa shape index (κ2) is 4.30. The Morgan fingerprint density at radius 1 is 1.44 bits per heavy atom. The van der Waals surface area contributed by atoms with Crippen LogP contribution in [0.4, 0.5) is 0 Å². The van der Waals surface area contributed by atoms with Gasteiger partial charge in [0.25, 0.3) is 0 Å². The molecule has 94 valence electrons. The van der Waals surface area contributed by atoms with Crippen molar-refractivity contribution in [2.24, 2.45) is 11.8 Å². The molecule has 0 aromatic carbocycles. The van der Waals surface area contributed by atoms with E-state index in [-0.39, 0.29) is 5.60 Å². The molecule has 0 radical (unpaired) electrons. The first-order valence-corrected chi connectivity index (χ1v) is 6.80. The van der Waals surface area contributed by atoms with Crippen molar-refractivity contribution < 1.29 is 9.84 Å². The minimum atomic E-state index is -0.499. The second-order valence-corrected chi connectivity index (χ2v) is 6.53. The summed E-state index contributed by atoms with van der Waals surface area (Å²) in [6.45, 7) is 7.24. The zero-order valence-corrected chi connectivity index (χ0v) is 11.0. The van der Waals surface area contributed by atoms with Crippen molar-refractivity contribution in [3.05, 3.63) is 0 Å². The Hall–Kier alpha value is -0.0800. The van der Waals surface area contributed by atoms with Gasteiger partial charge in [-0.1, -0.05) is 13.8 Å². The molecule has 1 aliphatic heterocycles. The van der Waals surface area contributed by atoms with Crippen molar-refractivity contribution >= 4 is 0 Å². The summed E-state index contributed by atoms with van der Waals surface area (Å²) < 4.78 is 5.92. The van der Waals surface area contributed by atoms with E-state index in [2.05, 4.69) is 13.8 Å². The number of hydrogen-bond acceptors (Lipinski definition) is 2. The molecule has 0 bridgehead atoms. The molecular formula is C14H26O2. The normalized spacial score (nSPS) is 32.4. The van der Waals surface area contributed by atoms with Crippen molar-refractivity contribution in [2.75, 3.05) is 6.61 Å². The van der Waals surface area contributed by atoms with E-state index >= 15 is 0 Å². The monoisotopic (exact) mass is 226 g/mol. The van der Waals surface area contributed by atoms with Crippen LogP contribution in [0.2, 0.25) is 0 Å². The fourth-order valence-corrected chi connectivity index (χ4v) is 3.47. The van der Waals surface area contributed by atoms with Gasteiger partial charge in [-0.2, -0.15) is 0 Å². The Labute approximate surface area is 99.4 Å². The van der Waals surface area contributed by atoms with E-state index in [1.807, 2.05) is 6.92 Å². The van der Waals surface area contributed by atoms with Crippen LogP contribution in [0.1, 0.15) is 59.3 Å². The molecule has 2 rings (SSSR count). The maximum absolute atomic E-state index is 10.6. The van der Waals surface area contributed by atoms with Gasteiger partial charge < -0.3 is 9.84 Å². The summed E-state index contributed by atoms with van der Waals surface area (Å²) in [5.41, 5.74) is -0.343. The fourth-order valence-electron chi connectivity index (χ4n) is 3.47. The third-order valence-corrected chi connectivity index (χ3v) is 4.46. The summed E-state index contributed by atoms with van der Waals surface area (Å²) in [6, 6.07) is 0. The highest BCUT2D eigenvalue weighted by Gasteiger charge is 2.47. The van der Waals surface area contributed by atoms with Crippen LogP contribution < -0.4 is 0 Å². The van der Waals surface area contributed by atoms with Crippen LogP contribution >= 0.6 is 0 Å². The van der Waals surface area contributed by atoms with Gasteiger partial charge in [0.15, 0.2) is 0 Å². The lowest BCUT2D eigenvalue weighted by Gasteiger charge is -2.50. The minimum absolute atomic E-state index is 0.157. The van der Waals surface area contributed by atoms with Crippen LogP contribution in [0.15, 0.2) is 0 Å². The van der Waals surface area contributed by atoms with Gasteiger partial charge in [0.2, 0.25) is 0 Å². The first kappa shape index (κ1) is 12.4. The molecule has 1 aliphatic carbocycles. The maximum atomic E-state index is 10.6. The number of hydrogen-bond donors (Lipinski definition) is 1. The standard InChI is InChI=1S/C14H26O2/c1-11(2)9-13(3,15)12-5-8-16-14(10-12)6-4-7-14/h11-12,15H,4-10H2,1-3H3. The third-order valence-electron chi connectivity index (χ3n) is 4.46. The largest absolute Gasteiger partial charge is 0.390 e. The van der Waals surface area contributed by atoms with Crippen LogP contribution in [-0.4, -0.2) is 22.9 Å². The third kappa shape index (κ3) is 2.43. The average molecular weight is 226 g/mol. The molecule has 2 fully saturated rings. The Bertz CT molecular complexity index is 241. The molecule has 2 unspecified atom stereocenters. The Morgan fingerprint density at radius 3 is 2.62 bits per heavy atom. The lowest BCUT2D eigenvalue weighted by molar-refractivity contribution is -0.174. The first-order valence-electron chi connectivity index (χ1n) is 6.80. The first-order chi connectivity index (χ1) is 7.44. The van der Waals surface area contributed by atoms with E-state index in [9.17, 15) is 5.11 Å². The molecule has 1 N–H and O–H groups in total. The molecule has 0 amide bonds. The number of aliphatic hydroxyl groups is 1. The zero-order chi connectivity index (χ0) is 11.8. The fraction of sp³-hybridized carbons (Fsp3) is 1.00.